The first kappa shape index (κ1) is 25.2. The molecule has 0 aliphatic carbocycles. The number of hydrogen-bond acceptors (Lipinski definition) is 4. The number of carbonyl (C=O) groups excluding carboxylic acids is 1. The van der Waals surface area contributed by atoms with Gasteiger partial charge in [0.1, 0.15) is 5.75 Å². The molecule has 1 amide bonds. The molecule has 3 aromatic carbocycles. The molecule has 0 radical (unpaired) electrons. The van der Waals surface area contributed by atoms with Gasteiger partial charge < -0.3 is 25.5 Å². The highest BCUT2D eigenvalue weighted by atomic mass is 16.5. The summed E-state index contributed by atoms with van der Waals surface area (Å²) in [6.45, 7) is 7.63. The average molecular weight is 506 g/mol. The van der Waals surface area contributed by atoms with Gasteiger partial charge in [-0.1, -0.05) is 42.7 Å². The van der Waals surface area contributed by atoms with Crippen molar-refractivity contribution in [2.75, 3.05) is 11.9 Å². The van der Waals surface area contributed by atoms with Crippen molar-refractivity contribution in [2.24, 2.45) is 0 Å². The molecule has 1 atom stereocenters. The number of nitrogens with one attached hydrogen (secondary N) is 3. The van der Waals surface area contributed by atoms with Crippen LogP contribution in [0, 0.1) is 11.8 Å². The van der Waals surface area contributed by atoms with Crippen molar-refractivity contribution in [1.82, 2.24) is 10.3 Å². The number of aliphatic hydroxyl groups is 1. The molecule has 5 rings (SSSR count). The zero-order valence-corrected chi connectivity index (χ0v) is 21.6. The fourth-order valence-corrected chi connectivity index (χ4v) is 4.67. The highest BCUT2D eigenvalue weighted by Crippen LogP contribution is 2.28. The Morgan fingerprint density at radius 3 is 2.66 bits per heavy atom. The minimum atomic E-state index is -0.461. The van der Waals surface area contributed by atoms with Gasteiger partial charge in [-0.15, -0.1) is 0 Å². The maximum absolute atomic E-state index is 13.4. The third-order valence-electron chi connectivity index (χ3n) is 6.46. The smallest absolute Gasteiger partial charge is 0.255 e. The van der Waals surface area contributed by atoms with Crippen LogP contribution in [0.25, 0.3) is 10.9 Å². The van der Waals surface area contributed by atoms with E-state index in [0.717, 1.165) is 39.8 Å². The number of para-hydroxylation sites is 1. The lowest BCUT2D eigenvalue weighted by Gasteiger charge is -2.19. The van der Waals surface area contributed by atoms with Crippen molar-refractivity contribution >= 4 is 22.5 Å². The number of allylic oxidation sites excluding steroid dienone is 1. The Labute approximate surface area is 222 Å². The van der Waals surface area contributed by atoms with Gasteiger partial charge in [0, 0.05) is 46.0 Å². The fourth-order valence-electron chi connectivity index (χ4n) is 4.67. The monoisotopic (exact) mass is 505 g/mol. The number of hydrogen-bond donors (Lipinski definition) is 4. The van der Waals surface area contributed by atoms with Crippen molar-refractivity contribution in [3.63, 3.8) is 0 Å². The van der Waals surface area contributed by atoms with Crippen molar-refractivity contribution < 1.29 is 14.6 Å². The molecule has 0 fully saturated rings. The molecule has 6 nitrogen and oxygen atoms in total. The molecular formula is C32H31N3O3. The minimum Gasteiger partial charge on any atom is -0.490 e. The van der Waals surface area contributed by atoms with Gasteiger partial charge in [-0.05, 0) is 67.8 Å². The molecule has 38 heavy (non-hydrogen) atoms. The third-order valence-corrected chi connectivity index (χ3v) is 6.46. The summed E-state index contributed by atoms with van der Waals surface area (Å²) in [5.41, 5.74) is 7.23. The number of anilines is 1. The highest BCUT2D eigenvalue weighted by Gasteiger charge is 2.20. The zero-order valence-electron chi connectivity index (χ0n) is 21.6. The summed E-state index contributed by atoms with van der Waals surface area (Å²) in [6.07, 6.45) is 3.14. The second-order valence-corrected chi connectivity index (χ2v) is 9.82. The summed E-state index contributed by atoms with van der Waals surface area (Å²) in [5, 5.41) is 17.4. The number of aromatic amines is 1. The molecule has 4 aromatic rings. The Kier molecular flexibility index (Phi) is 7.21. The standard InChI is InChI=1S/C32H31N3O3/c1-20(2)38-31-13-11-22(8-9-23-10-12-24-14-21(3)34-30(24)16-23)15-28(31)32(37)35-26(19-36)17-25-18-33-29-7-5-4-6-27(25)29/h4-7,10-13,15-16,18,20,26,33-34,36H,3,14,17,19H2,1-2H3,(H,35,37)/t26-/m1/s1. The Bertz CT molecular complexity index is 1570. The van der Waals surface area contributed by atoms with E-state index in [0.29, 0.717) is 23.3 Å². The van der Waals surface area contributed by atoms with Crippen LogP contribution in [0.2, 0.25) is 0 Å². The van der Waals surface area contributed by atoms with Gasteiger partial charge in [0.25, 0.3) is 5.91 Å². The van der Waals surface area contributed by atoms with Crippen LogP contribution >= 0.6 is 0 Å². The molecule has 4 N–H and O–H groups in total. The number of H-pyrrole nitrogens is 1. The van der Waals surface area contributed by atoms with E-state index in [9.17, 15) is 9.90 Å². The van der Waals surface area contributed by atoms with E-state index in [1.165, 1.54) is 5.56 Å². The van der Waals surface area contributed by atoms with Crippen LogP contribution < -0.4 is 15.4 Å². The van der Waals surface area contributed by atoms with Crippen LogP contribution in [0.4, 0.5) is 5.69 Å². The summed E-state index contributed by atoms with van der Waals surface area (Å²) in [6, 6.07) is 19.0. The number of amides is 1. The molecule has 0 unspecified atom stereocenters. The molecule has 0 spiro atoms. The van der Waals surface area contributed by atoms with Crippen molar-refractivity contribution in [2.45, 2.75) is 38.8 Å². The quantitative estimate of drug-likeness (QED) is 0.261. The lowest BCUT2D eigenvalue weighted by Crippen LogP contribution is -2.39. The topological polar surface area (TPSA) is 86.4 Å². The fraction of sp³-hybridized carbons (Fsp3) is 0.219. The number of ether oxygens (including phenoxy) is 1. The Morgan fingerprint density at radius 1 is 1.11 bits per heavy atom. The lowest BCUT2D eigenvalue weighted by atomic mass is 10.0. The number of aliphatic hydroxyl groups excluding tert-OH is 1. The van der Waals surface area contributed by atoms with E-state index >= 15 is 0 Å². The van der Waals surface area contributed by atoms with Gasteiger partial charge in [-0.25, -0.2) is 0 Å². The van der Waals surface area contributed by atoms with Gasteiger partial charge in [0.05, 0.1) is 24.3 Å². The molecule has 6 heteroatoms. The van der Waals surface area contributed by atoms with Gasteiger partial charge in [-0.2, -0.15) is 0 Å². The summed E-state index contributed by atoms with van der Waals surface area (Å²) in [7, 11) is 0. The predicted octanol–water partition coefficient (Wildman–Crippen LogP) is 5.17. The maximum Gasteiger partial charge on any atom is 0.255 e. The third kappa shape index (κ3) is 5.59. The van der Waals surface area contributed by atoms with Crippen LogP contribution in [0.15, 0.2) is 79.1 Å². The van der Waals surface area contributed by atoms with Gasteiger partial charge in [0.2, 0.25) is 0 Å². The molecule has 0 bridgehead atoms. The number of rotatable bonds is 7. The minimum absolute atomic E-state index is 0.105. The van der Waals surface area contributed by atoms with Gasteiger partial charge >= 0.3 is 0 Å². The van der Waals surface area contributed by atoms with E-state index in [4.69, 9.17) is 4.74 Å². The van der Waals surface area contributed by atoms with Crippen LogP contribution in [0.3, 0.4) is 0 Å². The van der Waals surface area contributed by atoms with Crippen LogP contribution in [0.1, 0.15) is 46.5 Å². The molecule has 2 heterocycles. The second-order valence-electron chi connectivity index (χ2n) is 9.82. The Balaban J connectivity index is 1.37. The SMILES string of the molecule is C=C1Cc2ccc(C#Cc3ccc(OC(C)C)c(C(=O)N[C@@H](CO)Cc4c[nH]c5ccccc45)c3)cc2N1. The number of aromatic nitrogens is 1. The van der Waals surface area contributed by atoms with Crippen LogP contribution in [0.5, 0.6) is 5.75 Å². The molecule has 1 aromatic heterocycles. The molecule has 0 saturated heterocycles. The molecule has 1 aliphatic heterocycles. The first-order valence-electron chi connectivity index (χ1n) is 12.8. The molecule has 1 aliphatic rings. The normalized spacial score (nSPS) is 13.0. The molecule has 0 saturated carbocycles. The summed E-state index contributed by atoms with van der Waals surface area (Å²) >= 11 is 0. The van der Waals surface area contributed by atoms with Gasteiger partial charge in [0.15, 0.2) is 0 Å². The van der Waals surface area contributed by atoms with Crippen LogP contribution in [-0.2, 0) is 12.8 Å². The number of benzene rings is 3. The largest absolute Gasteiger partial charge is 0.490 e. The predicted molar refractivity (Wildman–Crippen MR) is 151 cm³/mol. The van der Waals surface area contributed by atoms with Gasteiger partial charge in [-0.3, -0.25) is 4.79 Å². The van der Waals surface area contributed by atoms with Crippen molar-refractivity contribution in [3.05, 3.63) is 107 Å². The number of carbonyl (C=O) groups is 1. The van der Waals surface area contributed by atoms with E-state index in [2.05, 4.69) is 40.1 Å². The Hall–Kier alpha value is -4.47. The van der Waals surface area contributed by atoms with Crippen molar-refractivity contribution in [3.8, 4) is 17.6 Å². The zero-order chi connectivity index (χ0) is 26.6. The average Bonchev–Trinajstić information content (AvgIpc) is 3.49. The molecular weight excluding hydrogens is 474 g/mol. The van der Waals surface area contributed by atoms with E-state index in [1.807, 2.05) is 62.5 Å². The highest BCUT2D eigenvalue weighted by molar-refractivity contribution is 5.97. The summed E-state index contributed by atoms with van der Waals surface area (Å²) in [4.78, 5) is 16.7. The second kappa shape index (κ2) is 10.9. The van der Waals surface area contributed by atoms with E-state index < -0.39 is 6.04 Å². The van der Waals surface area contributed by atoms with E-state index in [-0.39, 0.29) is 18.6 Å². The molecule has 192 valence electrons. The summed E-state index contributed by atoms with van der Waals surface area (Å²) < 4.78 is 5.93. The van der Waals surface area contributed by atoms with Crippen molar-refractivity contribution in [1.29, 1.82) is 0 Å². The maximum atomic E-state index is 13.4. The lowest BCUT2D eigenvalue weighted by molar-refractivity contribution is 0.0910. The van der Waals surface area contributed by atoms with E-state index in [1.54, 1.807) is 12.1 Å². The summed E-state index contributed by atoms with van der Waals surface area (Å²) in [5.74, 6) is 6.53. The first-order valence-corrected chi connectivity index (χ1v) is 12.8. The number of fused-ring (bicyclic) bond motifs is 2. The first-order chi connectivity index (χ1) is 18.4. The van der Waals surface area contributed by atoms with Crippen LogP contribution in [-0.4, -0.2) is 34.8 Å². The Morgan fingerprint density at radius 2 is 1.87 bits per heavy atom.